The van der Waals surface area contributed by atoms with Gasteiger partial charge in [0.1, 0.15) is 5.75 Å². The smallest absolute Gasteiger partial charge is 0.119 e. The minimum atomic E-state index is 0.0354. The molecule has 1 aromatic carbocycles. The first-order chi connectivity index (χ1) is 9.24. The highest BCUT2D eigenvalue weighted by molar-refractivity contribution is 5.34. The van der Waals surface area contributed by atoms with E-state index in [2.05, 4.69) is 28.3 Å². The Morgan fingerprint density at radius 2 is 2.11 bits per heavy atom. The topological polar surface area (TPSA) is 47.0 Å². The molecular formula is C15H19N3O. The lowest BCUT2D eigenvalue weighted by Crippen LogP contribution is -2.23. The predicted molar refractivity (Wildman–Crippen MR) is 75.3 cm³/mol. The highest BCUT2D eigenvalue weighted by atomic mass is 16.5. The van der Waals surface area contributed by atoms with Crippen LogP contribution in [0.3, 0.4) is 0 Å². The number of methoxy groups -OCH3 is 1. The van der Waals surface area contributed by atoms with Crippen LogP contribution in [-0.4, -0.2) is 23.6 Å². The average Bonchev–Trinajstić information content (AvgIpc) is 2.46. The molecule has 19 heavy (non-hydrogen) atoms. The average molecular weight is 257 g/mol. The Morgan fingerprint density at radius 1 is 1.26 bits per heavy atom. The highest BCUT2D eigenvalue weighted by Crippen LogP contribution is 2.23. The summed E-state index contributed by atoms with van der Waals surface area (Å²) in [4.78, 5) is 8.78. The van der Waals surface area contributed by atoms with E-state index in [9.17, 15) is 0 Å². The molecule has 1 N–H and O–H groups in total. The molecule has 4 heteroatoms. The van der Waals surface area contributed by atoms with Gasteiger partial charge in [-0.05, 0) is 31.2 Å². The molecule has 0 radical (unpaired) electrons. The number of nitrogens with one attached hydrogen (secondary N) is 1. The number of rotatable bonds is 5. The second-order valence-corrected chi connectivity index (χ2v) is 4.35. The molecule has 0 bridgehead atoms. The van der Waals surface area contributed by atoms with Crippen molar-refractivity contribution in [2.75, 3.05) is 13.7 Å². The Kier molecular flexibility index (Phi) is 4.47. The Hall–Kier alpha value is -1.94. The van der Waals surface area contributed by atoms with Gasteiger partial charge in [-0.1, -0.05) is 19.1 Å². The molecule has 4 nitrogen and oxygen atoms in total. The SMILES string of the molecule is CCNC(c1cccc(OC)c1)c1cnc(C)cn1. The summed E-state index contributed by atoms with van der Waals surface area (Å²) in [5.41, 5.74) is 2.96. The lowest BCUT2D eigenvalue weighted by molar-refractivity contribution is 0.413. The van der Waals surface area contributed by atoms with Crippen molar-refractivity contribution in [3.8, 4) is 5.75 Å². The van der Waals surface area contributed by atoms with Gasteiger partial charge in [0.2, 0.25) is 0 Å². The Balaban J connectivity index is 2.35. The molecule has 0 aliphatic carbocycles. The van der Waals surface area contributed by atoms with Crippen LogP contribution in [0.4, 0.5) is 0 Å². The maximum Gasteiger partial charge on any atom is 0.119 e. The van der Waals surface area contributed by atoms with E-state index in [1.807, 2.05) is 31.3 Å². The summed E-state index contributed by atoms with van der Waals surface area (Å²) in [6.07, 6.45) is 3.61. The van der Waals surface area contributed by atoms with Crippen LogP contribution in [0.25, 0.3) is 0 Å². The fraction of sp³-hybridized carbons (Fsp3) is 0.333. The highest BCUT2D eigenvalue weighted by Gasteiger charge is 2.15. The molecule has 1 aromatic heterocycles. The predicted octanol–water partition coefficient (Wildman–Crippen LogP) is 2.49. The van der Waals surface area contributed by atoms with E-state index in [1.165, 1.54) is 0 Å². The molecule has 0 spiro atoms. The van der Waals surface area contributed by atoms with Crippen molar-refractivity contribution >= 4 is 0 Å². The largest absolute Gasteiger partial charge is 0.497 e. The molecule has 1 atom stereocenters. The third-order valence-electron chi connectivity index (χ3n) is 2.93. The first kappa shape index (κ1) is 13.5. The molecule has 1 heterocycles. The number of benzene rings is 1. The van der Waals surface area contributed by atoms with Crippen molar-refractivity contribution in [1.29, 1.82) is 0 Å². The van der Waals surface area contributed by atoms with E-state index in [0.717, 1.165) is 29.2 Å². The molecule has 100 valence electrons. The standard InChI is InChI=1S/C15H19N3O/c1-4-16-15(14-10-17-11(2)9-18-14)12-6-5-7-13(8-12)19-3/h5-10,15-16H,4H2,1-3H3. The lowest BCUT2D eigenvalue weighted by atomic mass is 10.0. The molecule has 0 fully saturated rings. The third-order valence-corrected chi connectivity index (χ3v) is 2.93. The maximum absolute atomic E-state index is 5.27. The van der Waals surface area contributed by atoms with Crippen LogP contribution in [0.1, 0.15) is 29.9 Å². The minimum absolute atomic E-state index is 0.0354. The minimum Gasteiger partial charge on any atom is -0.497 e. The van der Waals surface area contributed by atoms with E-state index in [4.69, 9.17) is 4.74 Å². The normalized spacial score (nSPS) is 12.2. The van der Waals surface area contributed by atoms with Crippen molar-refractivity contribution < 1.29 is 4.74 Å². The van der Waals surface area contributed by atoms with Gasteiger partial charge < -0.3 is 10.1 Å². The number of hydrogen-bond acceptors (Lipinski definition) is 4. The van der Waals surface area contributed by atoms with Crippen LogP contribution in [0.5, 0.6) is 5.75 Å². The summed E-state index contributed by atoms with van der Waals surface area (Å²) in [5, 5.41) is 3.43. The van der Waals surface area contributed by atoms with E-state index in [-0.39, 0.29) is 6.04 Å². The number of hydrogen-bond donors (Lipinski definition) is 1. The number of nitrogens with zero attached hydrogens (tertiary/aromatic N) is 2. The van der Waals surface area contributed by atoms with Crippen LogP contribution in [-0.2, 0) is 0 Å². The zero-order valence-electron chi connectivity index (χ0n) is 11.6. The van der Waals surface area contributed by atoms with Gasteiger partial charge in [-0.2, -0.15) is 0 Å². The van der Waals surface area contributed by atoms with Gasteiger partial charge in [-0.25, -0.2) is 0 Å². The van der Waals surface area contributed by atoms with Gasteiger partial charge in [0.25, 0.3) is 0 Å². The quantitative estimate of drug-likeness (QED) is 0.894. The fourth-order valence-corrected chi connectivity index (χ4v) is 1.97. The first-order valence-corrected chi connectivity index (χ1v) is 6.40. The van der Waals surface area contributed by atoms with Crippen molar-refractivity contribution in [3.05, 3.63) is 53.6 Å². The first-order valence-electron chi connectivity index (χ1n) is 6.40. The van der Waals surface area contributed by atoms with E-state index < -0.39 is 0 Å². The Morgan fingerprint density at radius 3 is 2.74 bits per heavy atom. The van der Waals surface area contributed by atoms with Gasteiger partial charge in [0, 0.05) is 6.20 Å². The van der Waals surface area contributed by atoms with Crippen molar-refractivity contribution in [1.82, 2.24) is 15.3 Å². The van der Waals surface area contributed by atoms with E-state index in [0.29, 0.717) is 0 Å². The summed E-state index contributed by atoms with van der Waals surface area (Å²) in [7, 11) is 1.67. The zero-order chi connectivity index (χ0) is 13.7. The molecule has 1 unspecified atom stereocenters. The van der Waals surface area contributed by atoms with Gasteiger partial charge in [-0.15, -0.1) is 0 Å². The maximum atomic E-state index is 5.27. The summed E-state index contributed by atoms with van der Waals surface area (Å²) < 4.78 is 5.27. The van der Waals surface area contributed by atoms with Crippen molar-refractivity contribution in [3.63, 3.8) is 0 Å². The molecule has 0 aliphatic heterocycles. The van der Waals surface area contributed by atoms with Crippen molar-refractivity contribution in [2.24, 2.45) is 0 Å². The van der Waals surface area contributed by atoms with Crippen LogP contribution in [0.15, 0.2) is 36.7 Å². The van der Waals surface area contributed by atoms with Gasteiger partial charge >= 0.3 is 0 Å². The summed E-state index contributed by atoms with van der Waals surface area (Å²) in [6, 6.07) is 8.05. The molecule has 2 rings (SSSR count). The van der Waals surface area contributed by atoms with Crippen LogP contribution in [0, 0.1) is 6.92 Å². The lowest BCUT2D eigenvalue weighted by Gasteiger charge is -2.18. The number of aromatic nitrogens is 2. The molecular weight excluding hydrogens is 238 g/mol. The van der Waals surface area contributed by atoms with E-state index >= 15 is 0 Å². The fourth-order valence-electron chi connectivity index (χ4n) is 1.97. The van der Waals surface area contributed by atoms with Gasteiger partial charge in [0.15, 0.2) is 0 Å². The monoisotopic (exact) mass is 257 g/mol. The molecule has 0 aliphatic rings. The van der Waals surface area contributed by atoms with Crippen molar-refractivity contribution in [2.45, 2.75) is 19.9 Å². The zero-order valence-corrected chi connectivity index (χ0v) is 11.6. The van der Waals surface area contributed by atoms with Gasteiger partial charge in [0.05, 0.1) is 30.7 Å². The summed E-state index contributed by atoms with van der Waals surface area (Å²) in [6.45, 7) is 4.87. The summed E-state index contributed by atoms with van der Waals surface area (Å²) in [5.74, 6) is 0.848. The second-order valence-electron chi connectivity index (χ2n) is 4.35. The molecule has 0 saturated carbocycles. The summed E-state index contributed by atoms with van der Waals surface area (Å²) >= 11 is 0. The number of aryl methyl sites for hydroxylation is 1. The number of ether oxygens (including phenoxy) is 1. The second kappa shape index (κ2) is 6.29. The molecule has 2 aromatic rings. The van der Waals surface area contributed by atoms with Gasteiger partial charge in [-0.3, -0.25) is 9.97 Å². The molecule has 0 amide bonds. The van der Waals surface area contributed by atoms with E-state index in [1.54, 1.807) is 13.3 Å². The van der Waals surface area contributed by atoms with Crippen LogP contribution in [0.2, 0.25) is 0 Å². The Bertz CT molecular complexity index is 525. The third kappa shape index (κ3) is 3.29. The van der Waals surface area contributed by atoms with Crippen LogP contribution < -0.4 is 10.1 Å². The van der Waals surface area contributed by atoms with Crippen LogP contribution >= 0.6 is 0 Å². The Labute approximate surface area is 113 Å². The molecule has 0 saturated heterocycles.